The second-order valence-electron chi connectivity index (χ2n) is 7.23. The van der Waals surface area contributed by atoms with Crippen LogP contribution in [0.25, 0.3) is 0 Å². The summed E-state index contributed by atoms with van der Waals surface area (Å²) in [4.78, 5) is 15.5. The van der Waals surface area contributed by atoms with Crippen molar-refractivity contribution in [3.05, 3.63) is 108 Å². The van der Waals surface area contributed by atoms with Gasteiger partial charge in [-0.25, -0.2) is 0 Å². The first-order chi connectivity index (χ1) is 13.6. The van der Waals surface area contributed by atoms with Gasteiger partial charge >= 0.3 is 5.97 Å². The average Bonchev–Trinajstić information content (AvgIpc) is 2.74. The van der Waals surface area contributed by atoms with E-state index in [1.807, 2.05) is 105 Å². The van der Waals surface area contributed by atoms with Crippen molar-refractivity contribution in [2.75, 3.05) is 14.1 Å². The number of benzene rings is 3. The third kappa shape index (κ3) is 4.68. The van der Waals surface area contributed by atoms with Crippen molar-refractivity contribution in [1.82, 2.24) is 4.90 Å². The molecule has 0 aliphatic carbocycles. The second-order valence-corrected chi connectivity index (χ2v) is 7.23. The van der Waals surface area contributed by atoms with Crippen LogP contribution >= 0.6 is 0 Å². The van der Waals surface area contributed by atoms with E-state index in [2.05, 4.69) is 11.8 Å². The summed E-state index contributed by atoms with van der Waals surface area (Å²) in [6, 6.07) is 29.6. The molecule has 0 aliphatic rings. The third-order valence-corrected chi connectivity index (χ3v) is 5.13. The van der Waals surface area contributed by atoms with Gasteiger partial charge in [0.1, 0.15) is 12.0 Å². The predicted molar refractivity (Wildman–Crippen MR) is 113 cm³/mol. The molecule has 3 aromatic carbocycles. The molecule has 28 heavy (non-hydrogen) atoms. The lowest BCUT2D eigenvalue weighted by atomic mass is 9.91. The van der Waals surface area contributed by atoms with Crippen LogP contribution < -0.4 is 0 Å². The summed E-state index contributed by atoms with van der Waals surface area (Å²) in [7, 11) is 4.00. The van der Waals surface area contributed by atoms with Crippen LogP contribution in [0, 0.1) is 0 Å². The van der Waals surface area contributed by atoms with E-state index in [1.165, 1.54) is 0 Å². The van der Waals surface area contributed by atoms with Crippen molar-refractivity contribution in [3.63, 3.8) is 0 Å². The molecular weight excluding hydrogens is 346 g/mol. The Morgan fingerprint density at radius 2 is 1.11 bits per heavy atom. The van der Waals surface area contributed by atoms with Crippen molar-refractivity contribution in [3.8, 4) is 0 Å². The van der Waals surface area contributed by atoms with Gasteiger partial charge in [-0.05, 0) is 37.7 Å². The Balaban J connectivity index is 1.95. The molecule has 3 aromatic rings. The minimum atomic E-state index is -0.456. The zero-order chi connectivity index (χ0) is 19.9. The molecule has 2 atom stereocenters. The largest absolute Gasteiger partial charge is 0.455 e. The number of likely N-dealkylation sites (N-methyl/N-ethyl adjacent to an activating group) is 1. The molecule has 0 N–H and O–H groups in total. The Morgan fingerprint density at radius 1 is 0.714 bits per heavy atom. The smallest absolute Gasteiger partial charge is 0.318 e. The minimum Gasteiger partial charge on any atom is -0.455 e. The van der Waals surface area contributed by atoms with Crippen LogP contribution in [-0.2, 0) is 9.53 Å². The highest BCUT2D eigenvalue weighted by Gasteiger charge is 2.30. The van der Waals surface area contributed by atoms with Crippen LogP contribution in [0.2, 0.25) is 0 Å². The van der Waals surface area contributed by atoms with Crippen molar-refractivity contribution in [2.45, 2.75) is 25.0 Å². The molecule has 144 valence electrons. The number of hydrogen-bond donors (Lipinski definition) is 0. The van der Waals surface area contributed by atoms with Gasteiger partial charge in [-0.1, -0.05) is 91.0 Å². The van der Waals surface area contributed by atoms with E-state index in [9.17, 15) is 4.79 Å². The number of hydrogen-bond acceptors (Lipinski definition) is 3. The van der Waals surface area contributed by atoms with Gasteiger partial charge in [-0.3, -0.25) is 4.79 Å². The fraction of sp³-hybridized carbons (Fsp3) is 0.240. The molecule has 0 fully saturated rings. The van der Waals surface area contributed by atoms with Gasteiger partial charge < -0.3 is 9.64 Å². The second kappa shape index (κ2) is 9.34. The maximum atomic E-state index is 13.4. The molecule has 0 amide bonds. The zero-order valence-electron chi connectivity index (χ0n) is 16.7. The summed E-state index contributed by atoms with van der Waals surface area (Å²) in [6.45, 7) is 2.07. The van der Waals surface area contributed by atoms with Crippen LogP contribution in [0.3, 0.4) is 0 Å². The topological polar surface area (TPSA) is 29.5 Å². The Morgan fingerprint density at radius 3 is 1.50 bits per heavy atom. The first kappa shape index (κ1) is 19.8. The van der Waals surface area contributed by atoms with E-state index < -0.39 is 5.92 Å². The lowest BCUT2D eigenvalue weighted by molar-refractivity contribution is -0.153. The van der Waals surface area contributed by atoms with E-state index in [0.29, 0.717) is 0 Å². The van der Waals surface area contributed by atoms with Gasteiger partial charge in [0, 0.05) is 6.04 Å². The van der Waals surface area contributed by atoms with E-state index in [4.69, 9.17) is 4.74 Å². The van der Waals surface area contributed by atoms with Crippen LogP contribution in [0.15, 0.2) is 91.0 Å². The summed E-state index contributed by atoms with van der Waals surface area (Å²) in [5.74, 6) is -0.692. The van der Waals surface area contributed by atoms with Crippen LogP contribution in [0.1, 0.15) is 35.6 Å². The van der Waals surface area contributed by atoms with Gasteiger partial charge in [0.15, 0.2) is 0 Å². The molecule has 0 aromatic heterocycles. The fourth-order valence-corrected chi connectivity index (χ4v) is 3.31. The summed E-state index contributed by atoms with van der Waals surface area (Å²) in [5, 5.41) is 0. The van der Waals surface area contributed by atoms with Gasteiger partial charge in [0.25, 0.3) is 0 Å². The SMILES string of the molecule is C[C@H]([C@H](OC(=O)C(c1ccccc1)c1ccccc1)c1ccccc1)N(C)C. The molecule has 0 radical (unpaired) electrons. The minimum absolute atomic E-state index is 0.0403. The van der Waals surface area contributed by atoms with Crippen molar-refractivity contribution >= 4 is 5.97 Å². The number of nitrogens with zero attached hydrogens (tertiary/aromatic N) is 1. The number of rotatable bonds is 7. The number of esters is 1. The van der Waals surface area contributed by atoms with E-state index in [-0.39, 0.29) is 18.1 Å². The van der Waals surface area contributed by atoms with Crippen LogP contribution in [0.4, 0.5) is 0 Å². The molecule has 3 heteroatoms. The Kier molecular flexibility index (Phi) is 6.62. The van der Waals surface area contributed by atoms with E-state index in [0.717, 1.165) is 16.7 Å². The van der Waals surface area contributed by atoms with E-state index >= 15 is 0 Å². The highest BCUT2D eigenvalue weighted by molar-refractivity contribution is 5.82. The van der Waals surface area contributed by atoms with Gasteiger partial charge in [0.2, 0.25) is 0 Å². The summed E-state index contributed by atoms with van der Waals surface area (Å²) in [6.07, 6.45) is -0.348. The van der Waals surface area contributed by atoms with Gasteiger partial charge in [-0.15, -0.1) is 0 Å². The molecule has 0 saturated heterocycles. The number of carbonyl (C=O) groups is 1. The maximum absolute atomic E-state index is 13.4. The first-order valence-electron chi connectivity index (χ1n) is 9.59. The van der Waals surface area contributed by atoms with Gasteiger partial charge in [0.05, 0.1) is 0 Å². The van der Waals surface area contributed by atoms with E-state index in [1.54, 1.807) is 0 Å². The number of ether oxygens (including phenoxy) is 1. The van der Waals surface area contributed by atoms with Crippen molar-refractivity contribution in [2.24, 2.45) is 0 Å². The average molecular weight is 373 g/mol. The summed E-state index contributed by atoms with van der Waals surface area (Å²) >= 11 is 0. The lowest BCUT2D eigenvalue weighted by Gasteiger charge is -2.31. The Hall–Kier alpha value is -2.91. The molecule has 3 nitrogen and oxygen atoms in total. The molecule has 0 spiro atoms. The van der Waals surface area contributed by atoms with Crippen molar-refractivity contribution < 1.29 is 9.53 Å². The molecule has 3 rings (SSSR count). The first-order valence-corrected chi connectivity index (χ1v) is 9.59. The highest BCUT2D eigenvalue weighted by Crippen LogP contribution is 2.31. The Bertz CT molecular complexity index is 823. The van der Waals surface area contributed by atoms with Gasteiger partial charge in [-0.2, -0.15) is 0 Å². The highest BCUT2D eigenvalue weighted by atomic mass is 16.5. The van der Waals surface area contributed by atoms with Crippen molar-refractivity contribution in [1.29, 1.82) is 0 Å². The Labute approximate surface area is 167 Å². The molecule has 0 heterocycles. The molecule has 0 unspecified atom stereocenters. The third-order valence-electron chi connectivity index (χ3n) is 5.13. The summed E-state index contributed by atoms with van der Waals surface area (Å²) in [5.41, 5.74) is 2.86. The zero-order valence-corrected chi connectivity index (χ0v) is 16.7. The van der Waals surface area contributed by atoms with Crippen LogP contribution in [0.5, 0.6) is 0 Å². The summed E-state index contributed by atoms with van der Waals surface area (Å²) < 4.78 is 6.15. The standard InChI is InChI=1S/C25H27NO2/c1-19(26(2)3)24(22-17-11-6-12-18-22)28-25(27)23(20-13-7-4-8-14-20)21-15-9-5-10-16-21/h4-19,23-24H,1-3H3/t19-,24+/m1/s1. The molecule has 0 saturated carbocycles. The molecular formula is C25H27NO2. The molecule has 0 aliphatic heterocycles. The quantitative estimate of drug-likeness (QED) is 0.543. The van der Waals surface area contributed by atoms with Crippen LogP contribution in [-0.4, -0.2) is 31.0 Å². The number of carbonyl (C=O) groups excluding carboxylic acids is 1. The monoisotopic (exact) mass is 373 g/mol. The normalized spacial score (nSPS) is 13.3. The lowest BCUT2D eigenvalue weighted by Crippen LogP contribution is -2.35. The maximum Gasteiger partial charge on any atom is 0.318 e. The fourth-order valence-electron chi connectivity index (χ4n) is 3.31. The molecule has 0 bridgehead atoms. The predicted octanol–water partition coefficient (Wildman–Crippen LogP) is 5.05.